The minimum Gasteiger partial charge on any atom is -0.376 e. The van der Waals surface area contributed by atoms with Gasteiger partial charge in [-0.15, -0.1) is 11.3 Å². The average molecular weight is 329 g/mol. The van der Waals surface area contributed by atoms with Crippen molar-refractivity contribution in [2.75, 3.05) is 13.2 Å². The van der Waals surface area contributed by atoms with Crippen molar-refractivity contribution in [1.29, 1.82) is 0 Å². The maximum absolute atomic E-state index is 13.0. The van der Waals surface area contributed by atoms with Crippen LogP contribution in [0.15, 0.2) is 35.7 Å². The van der Waals surface area contributed by atoms with Crippen LogP contribution >= 0.6 is 11.3 Å². The first-order chi connectivity index (χ1) is 11.1. The van der Waals surface area contributed by atoms with Gasteiger partial charge in [0.05, 0.1) is 12.6 Å². The van der Waals surface area contributed by atoms with Gasteiger partial charge in [0.15, 0.2) is 0 Å². The number of thiophene rings is 1. The van der Waals surface area contributed by atoms with E-state index in [1.54, 1.807) is 11.3 Å². The van der Waals surface area contributed by atoms with Crippen LogP contribution in [0.1, 0.15) is 39.2 Å². The van der Waals surface area contributed by atoms with Gasteiger partial charge in [-0.3, -0.25) is 4.79 Å². The van der Waals surface area contributed by atoms with Crippen molar-refractivity contribution in [2.24, 2.45) is 0 Å². The molecule has 1 aromatic carbocycles. The fourth-order valence-electron chi connectivity index (χ4n) is 2.90. The molecule has 1 atom stereocenters. The zero-order valence-corrected chi connectivity index (χ0v) is 14.6. The highest BCUT2D eigenvalue weighted by Crippen LogP contribution is 2.20. The molecule has 122 valence electrons. The molecule has 0 saturated carbocycles. The summed E-state index contributed by atoms with van der Waals surface area (Å²) in [6, 6.07) is 10.1. The summed E-state index contributed by atoms with van der Waals surface area (Å²) in [6.07, 6.45) is 2.31. The van der Waals surface area contributed by atoms with Gasteiger partial charge in [-0.1, -0.05) is 12.1 Å². The molecule has 0 bridgehead atoms. The third kappa shape index (κ3) is 4.01. The Kier molecular flexibility index (Phi) is 5.13. The van der Waals surface area contributed by atoms with Crippen molar-refractivity contribution in [3.8, 4) is 0 Å². The van der Waals surface area contributed by atoms with E-state index < -0.39 is 0 Å². The number of carbonyl (C=O) groups excluding carboxylic acids is 1. The minimum atomic E-state index is 0.0944. The number of ether oxygens (including phenoxy) is 1. The molecule has 3 rings (SSSR count). The van der Waals surface area contributed by atoms with Gasteiger partial charge in [-0.25, -0.2) is 0 Å². The van der Waals surface area contributed by atoms with Crippen LogP contribution in [0.25, 0.3) is 0 Å². The highest BCUT2D eigenvalue weighted by Gasteiger charge is 2.24. The number of hydrogen-bond donors (Lipinski definition) is 0. The summed E-state index contributed by atoms with van der Waals surface area (Å²) in [5, 5.41) is 2.06. The van der Waals surface area contributed by atoms with Crippen molar-refractivity contribution in [1.82, 2.24) is 4.90 Å². The van der Waals surface area contributed by atoms with E-state index in [0.29, 0.717) is 13.1 Å². The second-order valence-electron chi connectivity index (χ2n) is 6.20. The Labute approximate surface area is 141 Å². The van der Waals surface area contributed by atoms with Gasteiger partial charge >= 0.3 is 0 Å². The molecule has 0 aliphatic carbocycles. The molecular weight excluding hydrogens is 306 g/mol. The number of benzene rings is 1. The predicted octanol–water partition coefficient (Wildman–Crippen LogP) is 4.19. The molecule has 4 heteroatoms. The van der Waals surface area contributed by atoms with Crippen LogP contribution in [0, 0.1) is 13.8 Å². The number of aryl methyl sites for hydroxylation is 2. The maximum atomic E-state index is 13.0. The molecule has 23 heavy (non-hydrogen) atoms. The number of hydrogen-bond acceptors (Lipinski definition) is 3. The minimum absolute atomic E-state index is 0.0944. The standard InChI is InChI=1S/C19H23NO2S/c1-14-7-8-16(11-15(14)2)19(21)20(12-17-5-3-9-22-17)13-18-6-4-10-23-18/h4,6-8,10-11,17H,3,5,9,12-13H2,1-2H3. The first-order valence-electron chi connectivity index (χ1n) is 8.14. The van der Waals surface area contributed by atoms with E-state index in [0.717, 1.165) is 30.6 Å². The van der Waals surface area contributed by atoms with Crippen molar-refractivity contribution < 1.29 is 9.53 Å². The van der Waals surface area contributed by atoms with Gasteiger partial charge in [-0.05, 0) is 61.4 Å². The zero-order valence-electron chi connectivity index (χ0n) is 13.7. The normalized spacial score (nSPS) is 17.4. The Morgan fingerprint density at radius 2 is 2.17 bits per heavy atom. The van der Waals surface area contributed by atoms with Gasteiger partial charge < -0.3 is 9.64 Å². The third-order valence-electron chi connectivity index (χ3n) is 4.42. The molecular formula is C19H23NO2S. The Bertz CT molecular complexity index is 660. The molecule has 2 heterocycles. The van der Waals surface area contributed by atoms with Gasteiger partial charge in [-0.2, -0.15) is 0 Å². The number of amides is 1. The fourth-order valence-corrected chi connectivity index (χ4v) is 3.62. The zero-order chi connectivity index (χ0) is 16.2. The number of rotatable bonds is 5. The maximum Gasteiger partial charge on any atom is 0.254 e. The molecule has 0 spiro atoms. The van der Waals surface area contributed by atoms with Gasteiger partial charge in [0.25, 0.3) is 5.91 Å². The van der Waals surface area contributed by atoms with Crippen LogP contribution in [-0.4, -0.2) is 30.1 Å². The van der Waals surface area contributed by atoms with Crippen LogP contribution in [0.2, 0.25) is 0 Å². The Morgan fingerprint density at radius 1 is 1.30 bits per heavy atom. The van der Waals surface area contributed by atoms with Crippen LogP contribution in [0.3, 0.4) is 0 Å². The second-order valence-corrected chi connectivity index (χ2v) is 7.23. The molecule has 1 aromatic heterocycles. The predicted molar refractivity (Wildman–Crippen MR) is 93.9 cm³/mol. The van der Waals surface area contributed by atoms with E-state index in [-0.39, 0.29) is 12.0 Å². The van der Waals surface area contributed by atoms with Crippen molar-refractivity contribution >= 4 is 17.2 Å². The Morgan fingerprint density at radius 3 is 2.83 bits per heavy atom. The first-order valence-corrected chi connectivity index (χ1v) is 9.02. The summed E-state index contributed by atoms with van der Waals surface area (Å²) in [6.45, 7) is 6.26. The second kappa shape index (κ2) is 7.28. The molecule has 1 amide bonds. The highest BCUT2D eigenvalue weighted by molar-refractivity contribution is 7.09. The van der Waals surface area contributed by atoms with Crippen molar-refractivity contribution in [3.63, 3.8) is 0 Å². The van der Waals surface area contributed by atoms with E-state index in [1.165, 1.54) is 10.4 Å². The largest absolute Gasteiger partial charge is 0.376 e. The quantitative estimate of drug-likeness (QED) is 0.823. The molecule has 1 unspecified atom stereocenters. The lowest BCUT2D eigenvalue weighted by Crippen LogP contribution is -2.36. The van der Waals surface area contributed by atoms with E-state index in [1.807, 2.05) is 29.2 Å². The average Bonchev–Trinajstić information content (AvgIpc) is 3.22. The molecule has 1 saturated heterocycles. The van der Waals surface area contributed by atoms with Crippen LogP contribution in [-0.2, 0) is 11.3 Å². The third-order valence-corrected chi connectivity index (χ3v) is 5.28. The highest BCUT2D eigenvalue weighted by atomic mass is 32.1. The Balaban J connectivity index is 1.80. The fraction of sp³-hybridized carbons (Fsp3) is 0.421. The van der Waals surface area contributed by atoms with E-state index >= 15 is 0 Å². The number of nitrogens with zero attached hydrogens (tertiary/aromatic N) is 1. The molecule has 0 N–H and O–H groups in total. The van der Waals surface area contributed by atoms with Gasteiger partial charge in [0.2, 0.25) is 0 Å². The van der Waals surface area contributed by atoms with E-state index in [2.05, 4.69) is 25.3 Å². The number of carbonyl (C=O) groups is 1. The summed E-state index contributed by atoms with van der Waals surface area (Å²) in [7, 11) is 0. The molecule has 1 aliphatic heterocycles. The van der Waals surface area contributed by atoms with Gasteiger partial charge in [0, 0.05) is 23.6 Å². The molecule has 3 nitrogen and oxygen atoms in total. The summed E-state index contributed by atoms with van der Waals surface area (Å²) in [4.78, 5) is 16.1. The van der Waals surface area contributed by atoms with E-state index in [9.17, 15) is 4.79 Å². The summed E-state index contributed by atoms with van der Waals surface area (Å²) in [5.74, 6) is 0.0944. The summed E-state index contributed by atoms with van der Waals surface area (Å²) in [5.41, 5.74) is 3.14. The van der Waals surface area contributed by atoms with Crippen LogP contribution in [0.4, 0.5) is 0 Å². The SMILES string of the molecule is Cc1ccc(C(=O)N(Cc2cccs2)CC2CCCO2)cc1C. The Hall–Kier alpha value is -1.65. The monoisotopic (exact) mass is 329 g/mol. The molecule has 1 fully saturated rings. The van der Waals surface area contributed by atoms with Crippen LogP contribution in [0.5, 0.6) is 0 Å². The first kappa shape index (κ1) is 16.2. The molecule has 0 radical (unpaired) electrons. The lowest BCUT2D eigenvalue weighted by Gasteiger charge is -2.25. The van der Waals surface area contributed by atoms with Crippen LogP contribution < -0.4 is 0 Å². The lowest BCUT2D eigenvalue weighted by molar-refractivity contribution is 0.0509. The summed E-state index contributed by atoms with van der Waals surface area (Å²) >= 11 is 1.69. The lowest BCUT2D eigenvalue weighted by atomic mass is 10.1. The smallest absolute Gasteiger partial charge is 0.254 e. The van der Waals surface area contributed by atoms with Crippen molar-refractivity contribution in [3.05, 3.63) is 57.3 Å². The van der Waals surface area contributed by atoms with Crippen molar-refractivity contribution in [2.45, 2.75) is 39.3 Å². The van der Waals surface area contributed by atoms with Gasteiger partial charge in [0.1, 0.15) is 0 Å². The van der Waals surface area contributed by atoms with E-state index in [4.69, 9.17) is 4.74 Å². The summed E-state index contributed by atoms with van der Waals surface area (Å²) < 4.78 is 5.74. The molecule has 2 aromatic rings. The molecule has 1 aliphatic rings. The topological polar surface area (TPSA) is 29.5 Å².